The highest BCUT2D eigenvalue weighted by molar-refractivity contribution is 7.90. The lowest BCUT2D eigenvalue weighted by molar-refractivity contribution is 0.0270. The van der Waals surface area contributed by atoms with Crippen molar-refractivity contribution in [3.63, 3.8) is 0 Å². The molecule has 0 saturated carbocycles. The summed E-state index contributed by atoms with van der Waals surface area (Å²) in [6.07, 6.45) is 5.34. The molecule has 4 rings (SSSR count). The molecule has 3 heterocycles. The fourth-order valence-corrected chi connectivity index (χ4v) is 4.41. The minimum Gasteiger partial charge on any atom is -0.444 e. The molecule has 0 unspecified atom stereocenters. The number of fused-ring (bicyclic) bond motifs is 1. The Bertz CT molecular complexity index is 1350. The van der Waals surface area contributed by atoms with Crippen molar-refractivity contribution in [3.05, 3.63) is 48.3 Å². The fraction of sp³-hybridized carbons (Fsp3) is 0.375. The van der Waals surface area contributed by atoms with Gasteiger partial charge in [-0.05, 0) is 63.1 Å². The first-order chi connectivity index (χ1) is 15.4. The first kappa shape index (κ1) is 23.0. The van der Waals surface area contributed by atoms with E-state index in [1.807, 2.05) is 44.5 Å². The average molecular weight is 469 g/mol. The summed E-state index contributed by atoms with van der Waals surface area (Å²) in [6, 6.07) is 8.72. The highest BCUT2D eigenvalue weighted by Gasteiger charge is 2.24. The average Bonchev–Trinajstić information content (AvgIpc) is 3.08. The van der Waals surface area contributed by atoms with E-state index in [1.54, 1.807) is 35.4 Å². The van der Waals surface area contributed by atoms with Gasteiger partial charge in [-0.15, -0.1) is 0 Å². The molecule has 3 aromatic rings. The third kappa shape index (κ3) is 4.93. The van der Waals surface area contributed by atoms with Gasteiger partial charge in [-0.25, -0.2) is 18.2 Å². The monoisotopic (exact) mass is 468 g/mol. The third-order valence-electron chi connectivity index (χ3n) is 5.50. The summed E-state index contributed by atoms with van der Waals surface area (Å²) in [5, 5.41) is 0. The summed E-state index contributed by atoms with van der Waals surface area (Å²) in [5.41, 5.74) is 3.93. The summed E-state index contributed by atoms with van der Waals surface area (Å²) in [5.74, 6) is 0.734. The minimum atomic E-state index is -3.25. The van der Waals surface area contributed by atoms with Gasteiger partial charge in [0.2, 0.25) is 0 Å². The van der Waals surface area contributed by atoms with Crippen LogP contribution in [0.5, 0.6) is 0 Å². The molecule has 0 aliphatic carbocycles. The topological polar surface area (TPSA) is 94.4 Å². The van der Waals surface area contributed by atoms with Crippen molar-refractivity contribution < 1.29 is 17.9 Å². The highest BCUT2D eigenvalue weighted by Crippen LogP contribution is 2.28. The normalized spacial score (nSPS) is 14.9. The van der Waals surface area contributed by atoms with E-state index >= 15 is 0 Å². The van der Waals surface area contributed by atoms with Crippen LogP contribution in [0.2, 0.25) is 0 Å². The number of carbonyl (C=O) groups excluding carboxylic acids is 1. The van der Waals surface area contributed by atoms with Crippen LogP contribution in [-0.2, 0) is 21.6 Å². The van der Waals surface area contributed by atoms with Crippen molar-refractivity contribution in [3.8, 4) is 11.4 Å². The zero-order valence-corrected chi connectivity index (χ0v) is 20.3. The van der Waals surface area contributed by atoms with E-state index in [0.717, 1.165) is 33.7 Å². The lowest BCUT2D eigenvalue weighted by atomic mass is 10.0. The van der Waals surface area contributed by atoms with E-state index in [2.05, 4.69) is 4.98 Å². The number of carbonyl (C=O) groups is 1. The number of aryl methyl sites for hydroxylation is 1. The van der Waals surface area contributed by atoms with Crippen LogP contribution in [0, 0.1) is 0 Å². The Morgan fingerprint density at radius 2 is 1.85 bits per heavy atom. The number of pyridine rings is 1. The molecule has 0 N–H and O–H groups in total. The molecule has 2 aromatic heterocycles. The second kappa shape index (κ2) is 8.30. The summed E-state index contributed by atoms with van der Waals surface area (Å²) in [7, 11) is -1.32. The Hall–Kier alpha value is -3.20. The van der Waals surface area contributed by atoms with Gasteiger partial charge in [0.25, 0.3) is 0 Å². The predicted octanol–water partition coefficient (Wildman–Crippen LogP) is 4.06. The van der Waals surface area contributed by atoms with Crippen LogP contribution in [0.4, 0.5) is 4.79 Å². The number of nitrogens with zero attached hydrogens (tertiary/aromatic N) is 4. The molecular weight excluding hydrogens is 440 g/mol. The second-order valence-corrected chi connectivity index (χ2v) is 11.3. The predicted molar refractivity (Wildman–Crippen MR) is 127 cm³/mol. The molecule has 1 aliphatic rings. The number of hydrogen-bond acceptors (Lipinski definition) is 6. The molecule has 174 valence electrons. The summed E-state index contributed by atoms with van der Waals surface area (Å²) in [6.45, 7) is 6.63. The van der Waals surface area contributed by atoms with Crippen LogP contribution < -0.4 is 0 Å². The number of sulfone groups is 1. The summed E-state index contributed by atoms with van der Waals surface area (Å²) >= 11 is 0. The molecule has 0 bridgehead atoms. The first-order valence-electron chi connectivity index (χ1n) is 10.7. The molecule has 0 atom stereocenters. The van der Waals surface area contributed by atoms with E-state index < -0.39 is 15.4 Å². The molecule has 0 radical (unpaired) electrons. The van der Waals surface area contributed by atoms with Gasteiger partial charge < -0.3 is 14.2 Å². The molecule has 0 spiro atoms. The van der Waals surface area contributed by atoms with Crippen molar-refractivity contribution in [1.29, 1.82) is 0 Å². The molecule has 9 heteroatoms. The first-order valence-corrected chi connectivity index (χ1v) is 12.6. The SMILES string of the molecule is Cn1c(-c2ccc(S(C)(=O)=O)cc2)nc2cnc(C3=CCN(C(=O)OC(C)(C)C)CC3)cc21. The molecule has 1 aliphatic heterocycles. The van der Waals surface area contributed by atoms with Gasteiger partial charge in [0.15, 0.2) is 9.84 Å². The lowest BCUT2D eigenvalue weighted by Crippen LogP contribution is -2.39. The van der Waals surface area contributed by atoms with Gasteiger partial charge in [-0.3, -0.25) is 4.98 Å². The molecule has 1 aromatic carbocycles. The van der Waals surface area contributed by atoms with Crippen LogP contribution in [0.3, 0.4) is 0 Å². The van der Waals surface area contributed by atoms with Crippen molar-refractivity contribution >= 4 is 32.5 Å². The van der Waals surface area contributed by atoms with E-state index in [0.29, 0.717) is 19.5 Å². The van der Waals surface area contributed by atoms with Crippen molar-refractivity contribution in [1.82, 2.24) is 19.4 Å². The third-order valence-corrected chi connectivity index (χ3v) is 6.63. The van der Waals surface area contributed by atoms with Crippen molar-refractivity contribution in [2.24, 2.45) is 7.05 Å². The van der Waals surface area contributed by atoms with E-state index in [1.165, 1.54) is 6.26 Å². The minimum absolute atomic E-state index is 0.277. The summed E-state index contributed by atoms with van der Waals surface area (Å²) < 4.78 is 30.9. The molecule has 1 amide bonds. The van der Waals surface area contributed by atoms with E-state index in [9.17, 15) is 13.2 Å². The van der Waals surface area contributed by atoms with Crippen LogP contribution in [0.25, 0.3) is 28.0 Å². The maximum absolute atomic E-state index is 12.3. The van der Waals surface area contributed by atoms with Gasteiger partial charge >= 0.3 is 6.09 Å². The Morgan fingerprint density at radius 3 is 2.42 bits per heavy atom. The second-order valence-electron chi connectivity index (χ2n) is 9.25. The standard InChI is InChI=1S/C24H28N4O4S/c1-24(2,3)32-23(29)28-12-10-16(11-13-28)19-14-21-20(15-25-19)26-22(27(21)4)17-6-8-18(9-7-17)33(5,30)31/h6-10,14-15H,11-13H2,1-5H3. The van der Waals surface area contributed by atoms with Gasteiger partial charge in [0.05, 0.1) is 22.3 Å². The van der Waals surface area contributed by atoms with E-state index in [4.69, 9.17) is 9.72 Å². The molecule has 33 heavy (non-hydrogen) atoms. The Labute approximate surface area is 193 Å². The Kier molecular flexibility index (Phi) is 5.78. The smallest absolute Gasteiger partial charge is 0.410 e. The summed E-state index contributed by atoms with van der Waals surface area (Å²) in [4.78, 5) is 23.6. The number of ether oxygens (including phenoxy) is 1. The van der Waals surface area contributed by atoms with Gasteiger partial charge in [0.1, 0.15) is 16.9 Å². The number of benzene rings is 1. The Balaban J connectivity index is 1.58. The quantitative estimate of drug-likeness (QED) is 0.575. The van der Waals surface area contributed by atoms with Crippen LogP contribution in [-0.4, -0.2) is 58.9 Å². The Morgan fingerprint density at radius 1 is 1.15 bits per heavy atom. The molecule has 0 saturated heterocycles. The number of amides is 1. The van der Waals surface area contributed by atoms with Crippen molar-refractivity contribution in [2.45, 2.75) is 37.7 Å². The molecule has 0 fully saturated rings. The van der Waals surface area contributed by atoms with Crippen LogP contribution >= 0.6 is 0 Å². The zero-order valence-electron chi connectivity index (χ0n) is 19.5. The number of rotatable bonds is 3. The number of imidazole rings is 1. The highest BCUT2D eigenvalue weighted by atomic mass is 32.2. The molecular formula is C24H28N4O4S. The van der Waals surface area contributed by atoms with Gasteiger partial charge in [-0.1, -0.05) is 6.08 Å². The number of aromatic nitrogens is 3. The van der Waals surface area contributed by atoms with Crippen LogP contribution in [0.1, 0.15) is 32.9 Å². The van der Waals surface area contributed by atoms with Gasteiger partial charge in [-0.2, -0.15) is 0 Å². The maximum Gasteiger partial charge on any atom is 0.410 e. The number of hydrogen-bond donors (Lipinski definition) is 0. The van der Waals surface area contributed by atoms with E-state index in [-0.39, 0.29) is 11.0 Å². The zero-order chi connectivity index (χ0) is 24.0. The largest absolute Gasteiger partial charge is 0.444 e. The molecule has 8 nitrogen and oxygen atoms in total. The lowest BCUT2D eigenvalue weighted by Gasteiger charge is -2.29. The van der Waals surface area contributed by atoms with Gasteiger partial charge in [0, 0.05) is 32.0 Å². The van der Waals surface area contributed by atoms with Crippen LogP contribution in [0.15, 0.2) is 47.5 Å². The van der Waals surface area contributed by atoms with Crippen molar-refractivity contribution in [2.75, 3.05) is 19.3 Å². The maximum atomic E-state index is 12.3. The fourth-order valence-electron chi connectivity index (χ4n) is 3.77.